The molecule has 0 bridgehead atoms. The fourth-order valence-electron chi connectivity index (χ4n) is 3.07. The minimum absolute atomic E-state index is 0.0860. The number of fused-ring (bicyclic) bond motifs is 1. The van der Waals surface area contributed by atoms with Gasteiger partial charge in [0.25, 0.3) is 0 Å². The molecule has 0 saturated carbocycles. The van der Waals surface area contributed by atoms with Crippen molar-refractivity contribution in [2.45, 2.75) is 18.2 Å². The zero-order valence-electron chi connectivity index (χ0n) is 15.4. The molecule has 0 radical (unpaired) electrons. The van der Waals surface area contributed by atoms with E-state index in [0.29, 0.717) is 22.2 Å². The van der Waals surface area contributed by atoms with Gasteiger partial charge in [-0.15, -0.1) is 5.10 Å². The molecule has 2 heterocycles. The van der Waals surface area contributed by atoms with Crippen molar-refractivity contribution in [1.82, 2.24) is 9.61 Å². The molecular formula is C19H20N4O3S. The van der Waals surface area contributed by atoms with E-state index < -0.39 is 9.84 Å². The molecule has 2 aromatic heterocycles. The normalized spacial score (nSPS) is 11.5. The number of sulfone groups is 1. The van der Waals surface area contributed by atoms with Gasteiger partial charge in [-0.3, -0.25) is 0 Å². The minimum atomic E-state index is -3.63. The standard InChI is InChI=1S/C19H20N4O3S/c1-4-15-8-9-16-17(14-7-5-6-13(10-14)11-20)18(27(3,24)25)19(21-12-26-2)22-23(15)16/h5-10H,4,12H2,1-3H3,(H,21,22). The summed E-state index contributed by atoms with van der Waals surface area (Å²) in [6.07, 6.45) is 1.89. The van der Waals surface area contributed by atoms with Gasteiger partial charge in [0, 0.05) is 24.6 Å². The Morgan fingerprint density at radius 2 is 2.07 bits per heavy atom. The van der Waals surface area contributed by atoms with Gasteiger partial charge in [-0.2, -0.15) is 5.26 Å². The average Bonchev–Trinajstić information content (AvgIpc) is 3.07. The summed E-state index contributed by atoms with van der Waals surface area (Å²) < 4.78 is 32.2. The van der Waals surface area contributed by atoms with Crippen LogP contribution in [0.5, 0.6) is 0 Å². The van der Waals surface area contributed by atoms with E-state index in [4.69, 9.17) is 4.74 Å². The summed E-state index contributed by atoms with van der Waals surface area (Å²) in [7, 11) is -2.12. The monoisotopic (exact) mass is 384 g/mol. The predicted octanol–water partition coefficient (Wildman–Crippen LogP) is 2.85. The highest BCUT2D eigenvalue weighted by molar-refractivity contribution is 7.91. The first-order valence-corrected chi connectivity index (χ1v) is 10.3. The van der Waals surface area contributed by atoms with Crippen LogP contribution in [0, 0.1) is 11.3 Å². The summed E-state index contributed by atoms with van der Waals surface area (Å²) in [6, 6.07) is 12.8. The SMILES string of the molecule is CCc1ccc2c(-c3cccc(C#N)c3)c(S(C)(=O)=O)c(NCOC)nn12. The lowest BCUT2D eigenvalue weighted by Gasteiger charge is -2.17. The number of methoxy groups -OCH3 is 1. The molecule has 8 heteroatoms. The highest BCUT2D eigenvalue weighted by Gasteiger charge is 2.25. The highest BCUT2D eigenvalue weighted by Crippen LogP contribution is 2.36. The van der Waals surface area contributed by atoms with Gasteiger partial charge in [-0.05, 0) is 36.2 Å². The van der Waals surface area contributed by atoms with Crippen LogP contribution in [0.1, 0.15) is 18.2 Å². The summed E-state index contributed by atoms with van der Waals surface area (Å²) in [6.45, 7) is 2.12. The Morgan fingerprint density at radius 3 is 2.70 bits per heavy atom. The van der Waals surface area contributed by atoms with Crippen LogP contribution in [0.15, 0.2) is 41.3 Å². The van der Waals surface area contributed by atoms with E-state index in [1.165, 1.54) is 7.11 Å². The van der Waals surface area contributed by atoms with Crippen molar-refractivity contribution in [3.8, 4) is 17.2 Å². The molecule has 0 aliphatic carbocycles. The number of nitrogens with zero attached hydrogens (tertiary/aromatic N) is 3. The first-order chi connectivity index (χ1) is 12.9. The molecule has 0 unspecified atom stereocenters. The third kappa shape index (κ3) is 3.52. The fourth-order valence-corrected chi connectivity index (χ4v) is 4.12. The maximum absolute atomic E-state index is 12.7. The molecular weight excluding hydrogens is 364 g/mol. The molecule has 27 heavy (non-hydrogen) atoms. The van der Waals surface area contributed by atoms with Crippen LogP contribution >= 0.6 is 0 Å². The van der Waals surface area contributed by atoms with E-state index in [0.717, 1.165) is 18.4 Å². The first-order valence-electron chi connectivity index (χ1n) is 8.38. The molecule has 3 aromatic rings. The number of hydrogen-bond acceptors (Lipinski definition) is 6. The Balaban J connectivity index is 2.47. The van der Waals surface area contributed by atoms with Crippen molar-refractivity contribution in [3.05, 3.63) is 47.7 Å². The summed E-state index contributed by atoms with van der Waals surface area (Å²) in [5, 5.41) is 16.7. The summed E-state index contributed by atoms with van der Waals surface area (Å²) in [5.74, 6) is 0.218. The summed E-state index contributed by atoms with van der Waals surface area (Å²) >= 11 is 0. The molecule has 0 saturated heterocycles. The van der Waals surface area contributed by atoms with Crippen LogP contribution in [0.3, 0.4) is 0 Å². The first kappa shape index (κ1) is 18.9. The number of hydrogen-bond donors (Lipinski definition) is 1. The molecule has 3 rings (SSSR count). The lowest BCUT2D eigenvalue weighted by atomic mass is 10.0. The van der Waals surface area contributed by atoms with E-state index in [9.17, 15) is 13.7 Å². The molecule has 0 amide bonds. The van der Waals surface area contributed by atoms with Gasteiger partial charge in [0.05, 0.1) is 17.1 Å². The molecule has 7 nitrogen and oxygen atoms in total. The Bertz CT molecular complexity index is 1140. The lowest BCUT2D eigenvalue weighted by Crippen LogP contribution is -2.15. The van der Waals surface area contributed by atoms with Gasteiger partial charge >= 0.3 is 0 Å². The van der Waals surface area contributed by atoms with Crippen molar-refractivity contribution in [2.24, 2.45) is 0 Å². The molecule has 0 atom stereocenters. The van der Waals surface area contributed by atoms with Gasteiger partial charge in [0.15, 0.2) is 15.7 Å². The number of rotatable bonds is 6. The Kier molecular flexibility index (Phi) is 5.17. The van der Waals surface area contributed by atoms with Crippen molar-refractivity contribution < 1.29 is 13.2 Å². The highest BCUT2D eigenvalue weighted by atomic mass is 32.2. The maximum Gasteiger partial charge on any atom is 0.179 e. The molecule has 0 fully saturated rings. The van der Waals surface area contributed by atoms with Gasteiger partial charge in [-0.25, -0.2) is 12.9 Å². The van der Waals surface area contributed by atoms with E-state index in [2.05, 4.69) is 16.5 Å². The molecule has 1 aromatic carbocycles. The Hall–Kier alpha value is -2.89. The average molecular weight is 384 g/mol. The second kappa shape index (κ2) is 7.39. The van der Waals surface area contributed by atoms with Crippen LogP contribution in [0.2, 0.25) is 0 Å². The van der Waals surface area contributed by atoms with Crippen LogP contribution < -0.4 is 5.32 Å². The van der Waals surface area contributed by atoms with Gasteiger partial charge < -0.3 is 10.1 Å². The second-order valence-electron chi connectivity index (χ2n) is 6.10. The van der Waals surface area contributed by atoms with Crippen LogP contribution in [0.4, 0.5) is 5.82 Å². The topological polar surface area (TPSA) is 96.5 Å². The molecule has 0 spiro atoms. The maximum atomic E-state index is 12.7. The smallest absolute Gasteiger partial charge is 0.179 e. The van der Waals surface area contributed by atoms with E-state index in [1.54, 1.807) is 28.8 Å². The van der Waals surface area contributed by atoms with E-state index >= 15 is 0 Å². The third-order valence-electron chi connectivity index (χ3n) is 4.23. The largest absolute Gasteiger partial charge is 0.365 e. The fraction of sp³-hybridized carbons (Fsp3) is 0.263. The quantitative estimate of drug-likeness (QED) is 0.657. The molecule has 1 N–H and O–H groups in total. The zero-order chi connectivity index (χ0) is 19.6. The van der Waals surface area contributed by atoms with Crippen LogP contribution in [-0.4, -0.2) is 38.1 Å². The molecule has 0 aliphatic rings. The minimum Gasteiger partial charge on any atom is -0.365 e. The summed E-state index contributed by atoms with van der Waals surface area (Å²) in [5.41, 5.74) is 3.23. The number of nitriles is 1. The number of aryl methyl sites for hydroxylation is 1. The van der Waals surface area contributed by atoms with Crippen LogP contribution in [-0.2, 0) is 21.0 Å². The third-order valence-corrected chi connectivity index (χ3v) is 5.37. The van der Waals surface area contributed by atoms with Gasteiger partial charge in [-0.1, -0.05) is 19.1 Å². The lowest BCUT2D eigenvalue weighted by molar-refractivity contribution is 0.220. The van der Waals surface area contributed by atoms with Crippen molar-refractivity contribution in [3.63, 3.8) is 0 Å². The van der Waals surface area contributed by atoms with Crippen molar-refractivity contribution in [1.29, 1.82) is 5.26 Å². The van der Waals surface area contributed by atoms with E-state index in [-0.39, 0.29) is 17.4 Å². The summed E-state index contributed by atoms with van der Waals surface area (Å²) in [4.78, 5) is 0.0860. The van der Waals surface area contributed by atoms with Gasteiger partial charge in [0.1, 0.15) is 11.6 Å². The number of ether oxygens (including phenoxy) is 1. The van der Waals surface area contributed by atoms with Crippen LogP contribution in [0.25, 0.3) is 16.6 Å². The molecule has 0 aliphatic heterocycles. The predicted molar refractivity (Wildman–Crippen MR) is 103 cm³/mol. The second-order valence-corrected chi connectivity index (χ2v) is 8.06. The number of aromatic nitrogens is 2. The van der Waals surface area contributed by atoms with Crippen molar-refractivity contribution >= 4 is 21.2 Å². The van der Waals surface area contributed by atoms with E-state index in [1.807, 2.05) is 19.1 Å². The Morgan fingerprint density at radius 1 is 1.30 bits per heavy atom. The number of nitrogens with one attached hydrogen (secondary N) is 1. The number of anilines is 1. The van der Waals surface area contributed by atoms with Gasteiger partial charge in [0.2, 0.25) is 0 Å². The molecule has 140 valence electrons. The zero-order valence-corrected chi connectivity index (χ0v) is 16.2. The Labute approximate surface area is 158 Å². The number of benzene rings is 1. The van der Waals surface area contributed by atoms with Crippen molar-refractivity contribution in [2.75, 3.05) is 25.4 Å².